The summed E-state index contributed by atoms with van der Waals surface area (Å²) < 4.78 is 0. The molecule has 0 aromatic heterocycles. The molecule has 0 aliphatic heterocycles. The van der Waals surface area contributed by atoms with Crippen LogP contribution in [0.15, 0.2) is 0 Å². The summed E-state index contributed by atoms with van der Waals surface area (Å²) in [6, 6.07) is 0.299. The maximum absolute atomic E-state index is 9.10. The molecule has 0 saturated heterocycles. The van der Waals surface area contributed by atoms with Gasteiger partial charge in [0.05, 0.1) is 0 Å². The van der Waals surface area contributed by atoms with Gasteiger partial charge in [-0.1, -0.05) is 0 Å². The quantitative estimate of drug-likeness (QED) is 0.629. The van der Waals surface area contributed by atoms with E-state index in [1.165, 1.54) is 25.7 Å². The summed E-state index contributed by atoms with van der Waals surface area (Å²) in [6.07, 6.45) is 5.19. The van der Waals surface area contributed by atoms with Crippen LogP contribution in [0.3, 0.4) is 0 Å². The van der Waals surface area contributed by atoms with Crippen molar-refractivity contribution in [1.82, 2.24) is 0 Å². The molecule has 0 amide bonds. The van der Waals surface area contributed by atoms with Crippen LogP contribution in [-0.4, -0.2) is 17.8 Å². The van der Waals surface area contributed by atoms with E-state index in [2.05, 4.69) is 0 Å². The van der Waals surface area contributed by atoms with Crippen molar-refractivity contribution < 1.29 is 5.11 Å². The zero-order valence-electron chi connectivity index (χ0n) is 6.87. The van der Waals surface area contributed by atoms with E-state index >= 15 is 0 Å². The van der Waals surface area contributed by atoms with Crippen LogP contribution in [0.25, 0.3) is 0 Å². The van der Waals surface area contributed by atoms with Gasteiger partial charge in [-0.2, -0.15) is 0 Å². The highest BCUT2D eigenvalue weighted by atomic mass is 16.3. The van der Waals surface area contributed by atoms with Gasteiger partial charge in [-0.05, 0) is 37.5 Å². The van der Waals surface area contributed by atoms with Gasteiger partial charge in [-0.15, -0.1) is 0 Å². The molecule has 2 saturated carbocycles. The van der Waals surface area contributed by atoms with Gasteiger partial charge >= 0.3 is 0 Å². The predicted octanol–water partition coefficient (Wildman–Crippen LogP) is 0.742. The van der Waals surface area contributed by atoms with Crippen molar-refractivity contribution in [3.05, 3.63) is 0 Å². The molecular formula is C9H17NO. The highest BCUT2D eigenvalue weighted by Gasteiger charge is 2.40. The Hall–Kier alpha value is -0.0800. The average Bonchev–Trinajstić information content (AvgIpc) is 2.86. The number of aliphatic hydroxyl groups excluding tert-OH is 1. The zero-order valence-corrected chi connectivity index (χ0v) is 6.87. The molecule has 2 rings (SSSR count). The summed E-state index contributed by atoms with van der Waals surface area (Å²) in [5.41, 5.74) is 6.01. The summed E-state index contributed by atoms with van der Waals surface area (Å²) in [4.78, 5) is 0. The zero-order chi connectivity index (χ0) is 7.84. The van der Waals surface area contributed by atoms with Crippen LogP contribution in [0.5, 0.6) is 0 Å². The van der Waals surface area contributed by atoms with Crippen molar-refractivity contribution in [1.29, 1.82) is 0 Å². The molecule has 0 heterocycles. The standard InChI is InChI=1S/C9H17NO/c10-9(7-3-4-7)8(5-11)6-1-2-6/h6-9,11H,1-5,10H2/t8-,9+/m1/s1. The lowest BCUT2D eigenvalue weighted by atomic mass is 9.93. The molecular weight excluding hydrogens is 138 g/mol. The third-order valence-electron chi connectivity index (χ3n) is 3.10. The minimum Gasteiger partial charge on any atom is -0.396 e. The molecule has 2 fully saturated rings. The molecule has 0 radical (unpaired) electrons. The lowest BCUT2D eigenvalue weighted by molar-refractivity contribution is 0.178. The lowest BCUT2D eigenvalue weighted by Crippen LogP contribution is -2.35. The molecule has 2 aliphatic carbocycles. The Balaban J connectivity index is 1.86. The van der Waals surface area contributed by atoms with Crippen molar-refractivity contribution in [3.8, 4) is 0 Å². The summed E-state index contributed by atoms with van der Waals surface area (Å²) in [5.74, 6) is 1.92. The summed E-state index contributed by atoms with van der Waals surface area (Å²) in [5, 5.41) is 9.10. The molecule has 0 unspecified atom stereocenters. The van der Waals surface area contributed by atoms with Crippen LogP contribution >= 0.6 is 0 Å². The molecule has 2 nitrogen and oxygen atoms in total. The molecule has 2 atom stereocenters. The highest BCUT2D eigenvalue weighted by molar-refractivity contribution is 4.94. The van der Waals surface area contributed by atoms with E-state index in [9.17, 15) is 0 Å². The van der Waals surface area contributed by atoms with E-state index in [0.29, 0.717) is 18.6 Å². The Morgan fingerprint density at radius 2 is 1.73 bits per heavy atom. The number of rotatable bonds is 4. The van der Waals surface area contributed by atoms with Gasteiger partial charge in [0.25, 0.3) is 0 Å². The second kappa shape index (κ2) is 2.76. The van der Waals surface area contributed by atoms with Gasteiger partial charge in [0.1, 0.15) is 0 Å². The summed E-state index contributed by atoms with van der Waals surface area (Å²) >= 11 is 0. The molecule has 3 N–H and O–H groups in total. The second-order valence-electron chi connectivity index (χ2n) is 4.10. The molecule has 0 aromatic carbocycles. The van der Waals surface area contributed by atoms with Crippen molar-refractivity contribution in [2.75, 3.05) is 6.61 Å². The monoisotopic (exact) mass is 155 g/mol. The molecule has 0 bridgehead atoms. The average molecular weight is 155 g/mol. The third kappa shape index (κ3) is 1.57. The van der Waals surface area contributed by atoms with E-state index in [0.717, 1.165) is 11.8 Å². The van der Waals surface area contributed by atoms with Gasteiger partial charge in [0.15, 0.2) is 0 Å². The molecule has 11 heavy (non-hydrogen) atoms. The first-order valence-electron chi connectivity index (χ1n) is 4.69. The van der Waals surface area contributed by atoms with Crippen LogP contribution in [0.2, 0.25) is 0 Å². The van der Waals surface area contributed by atoms with Crippen molar-refractivity contribution in [3.63, 3.8) is 0 Å². The second-order valence-corrected chi connectivity index (χ2v) is 4.10. The highest BCUT2D eigenvalue weighted by Crippen LogP contribution is 2.43. The number of nitrogens with two attached hydrogens (primary N) is 1. The molecule has 0 aromatic rings. The SMILES string of the molecule is N[C@@H](C1CC1)[C@H](CO)C1CC1. The van der Waals surface area contributed by atoms with Crippen LogP contribution in [-0.2, 0) is 0 Å². The Kier molecular flexibility index (Phi) is 1.90. The Labute approximate surface area is 67.8 Å². The molecule has 2 heteroatoms. The first-order chi connectivity index (χ1) is 5.33. The fourth-order valence-corrected chi connectivity index (χ4v) is 1.94. The van der Waals surface area contributed by atoms with E-state index in [1.807, 2.05) is 0 Å². The van der Waals surface area contributed by atoms with Gasteiger partial charge in [0, 0.05) is 18.6 Å². The normalized spacial score (nSPS) is 30.0. The van der Waals surface area contributed by atoms with E-state index in [4.69, 9.17) is 10.8 Å². The van der Waals surface area contributed by atoms with Gasteiger partial charge in [-0.25, -0.2) is 0 Å². The minimum atomic E-state index is 0.299. The van der Waals surface area contributed by atoms with Crippen LogP contribution in [0.1, 0.15) is 25.7 Å². The van der Waals surface area contributed by atoms with Crippen LogP contribution < -0.4 is 5.73 Å². The van der Waals surface area contributed by atoms with E-state index in [-0.39, 0.29) is 0 Å². The van der Waals surface area contributed by atoms with E-state index < -0.39 is 0 Å². The first-order valence-corrected chi connectivity index (χ1v) is 4.69. The maximum Gasteiger partial charge on any atom is 0.0476 e. The summed E-state index contributed by atoms with van der Waals surface area (Å²) in [7, 11) is 0. The molecule has 64 valence electrons. The number of aliphatic hydroxyl groups is 1. The molecule has 2 aliphatic rings. The van der Waals surface area contributed by atoms with Gasteiger partial charge in [0.2, 0.25) is 0 Å². The van der Waals surface area contributed by atoms with Gasteiger partial charge < -0.3 is 10.8 Å². The predicted molar refractivity (Wildman–Crippen MR) is 44.0 cm³/mol. The summed E-state index contributed by atoms with van der Waals surface area (Å²) in [6.45, 7) is 0.308. The van der Waals surface area contributed by atoms with Gasteiger partial charge in [-0.3, -0.25) is 0 Å². The van der Waals surface area contributed by atoms with Crippen molar-refractivity contribution >= 4 is 0 Å². The van der Waals surface area contributed by atoms with Crippen molar-refractivity contribution in [2.45, 2.75) is 31.7 Å². The Morgan fingerprint density at radius 3 is 2.09 bits per heavy atom. The molecule has 0 spiro atoms. The van der Waals surface area contributed by atoms with Crippen LogP contribution in [0, 0.1) is 17.8 Å². The lowest BCUT2D eigenvalue weighted by Gasteiger charge is -2.20. The van der Waals surface area contributed by atoms with Crippen molar-refractivity contribution in [2.24, 2.45) is 23.5 Å². The van der Waals surface area contributed by atoms with E-state index in [1.54, 1.807) is 0 Å². The smallest absolute Gasteiger partial charge is 0.0476 e. The first kappa shape index (κ1) is 7.56. The minimum absolute atomic E-state index is 0.299. The largest absolute Gasteiger partial charge is 0.396 e. The number of hydrogen-bond donors (Lipinski definition) is 2. The fourth-order valence-electron chi connectivity index (χ4n) is 1.94. The number of hydrogen-bond acceptors (Lipinski definition) is 2. The Bertz CT molecular complexity index is 140. The third-order valence-corrected chi connectivity index (χ3v) is 3.10. The maximum atomic E-state index is 9.10. The Morgan fingerprint density at radius 1 is 1.18 bits per heavy atom. The topological polar surface area (TPSA) is 46.2 Å². The fraction of sp³-hybridized carbons (Fsp3) is 1.00. The van der Waals surface area contributed by atoms with Crippen LogP contribution in [0.4, 0.5) is 0 Å².